The van der Waals surface area contributed by atoms with E-state index < -0.39 is 6.09 Å². The Kier molecular flexibility index (Phi) is 4.44. The third kappa shape index (κ3) is 3.02. The number of H-pyrrole nitrogens is 1. The fourth-order valence-electron chi connectivity index (χ4n) is 4.11. The number of rotatable bonds is 4. The molecular weight excluding hydrogens is 338 g/mol. The van der Waals surface area contributed by atoms with Crippen LogP contribution in [0, 0.1) is 0 Å². The number of carbonyl (C=O) groups excluding carboxylic acids is 1. The summed E-state index contributed by atoms with van der Waals surface area (Å²) in [5.41, 5.74) is 5.10. The largest absolute Gasteiger partial charge is 0.445 e. The van der Waals surface area contributed by atoms with E-state index in [1.54, 1.807) is 0 Å². The van der Waals surface area contributed by atoms with Gasteiger partial charge in [0.05, 0.1) is 0 Å². The molecule has 0 spiro atoms. The summed E-state index contributed by atoms with van der Waals surface area (Å²) < 4.78 is 5.33. The summed E-state index contributed by atoms with van der Waals surface area (Å²) in [5, 5.41) is 3.98. The molecule has 6 heteroatoms. The van der Waals surface area contributed by atoms with Crippen molar-refractivity contribution in [2.24, 2.45) is 0 Å². The average Bonchev–Trinajstić information content (AvgIpc) is 3.03. The summed E-state index contributed by atoms with van der Waals surface area (Å²) >= 11 is 5.57. The molecule has 4 rings (SSSR count). The molecule has 0 saturated heterocycles. The minimum Gasteiger partial charge on any atom is -0.445 e. The summed E-state index contributed by atoms with van der Waals surface area (Å²) in [5.74, 6) is 0.711. The molecule has 132 valence electrons. The Labute approximate surface area is 152 Å². The first-order chi connectivity index (χ1) is 12.2. The SMILES string of the molecule is CN1CC(COC(=O)NCCCl)=C[C@@H]2c3cccc4[nH]cc(c34)C[C@H]21. The van der Waals surface area contributed by atoms with Crippen LogP contribution in [0.25, 0.3) is 10.9 Å². The highest BCUT2D eigenvalue weighted by Gasteiger charge is 2.35. The van der Waals surface area contributed by atoms with Crippen molar-refractivity contribution < 1.29 is 9.53 Å². The second kappa shape index (κ2) is 6.73. The van der Waals surface area contributed by atoms with E-state index in [2.05, 4.69) is 52.7 Å². The molecule has 0 bridgehead atoms. The summed E-state index contributed by atoms with van der Waals surface area (Å²) in [4.78, 5) is 17.4. The van der Waals surface area contributed by atoms with E-state index in [1.807, 2.05) is 0 Å². The lowest BCUT2D eigenvalue weighted by Crippen LogP contribution is -2.44. The number of nitrogens with zero attached hydrogens (tertiary/aromatic N) is 1. The van der Waals surface area contributed by atoms with Gasteiger partial charge in [-0.05, 0) is 36.2 Å². The van der Waals surface area contributed by atoms with Crippen molar-refractivity contribution in [3.8, 4) is 0 Å². The maximum Gasteiger partial charge on any atom is 0.407 e. The standard InChI is InChI=1S/C19H22ClN3O2/c1-23-10-12(11-25-19(24)21-6-5-20)7-15-14-3-2-4-16-18(14)13(9-22-16)8-17(15)23/h2-4,7,9,15,17,22H,5-6,8,10-11H2,1H3,(H,21,24)/t15-,17-/m1/s1. The average molecular weight is 360 g/mol. The molecule has 2 N–H and O–H groups in total. The number of hydrogen-bond acceptors (Lipinski definition) is 3. The van der Waals surface area contributed by atoms with Crippen LogP contribution in [0.2, 0.25) is 0 Å². The topological polar surface area (TPSA) is 57.4 Å². The Morgan fingerprint density at radius 3 is 3.20 bits per heavy atom. The molecule has 5 nitrogen and oxygen atoms in total. The van der Waals surface area contributed by atoms with Crippen LogP contribution in [0.4, 0.5) is 4.79 Å². The molecule has 1 aliphatic carbocycles. The van der Waals surface area contributed by atoms with Crippen LogP contribution in [0.15, 0.2) is 36.0 Å². The molecule has 1 aromatic heterocycles. The molecule has 25 heavy (non-hydrogen) atoms. The fraction of sp³-hybridized carbons (Fsp3) is 0.421. The summed E-state index contributed by atoms with van der Waals surface area (Å²) in [7, 11) is 2.15. The highest BCUT2D eigenvalue weighted by Crippen LogP contribution is 2.41. The smallest absolute Gasteiger partial charge is 0.407 e. The Bertz CT molecular complexity index is 829. The Balaban J connectivity index is 1.58. The van der Waals surface area contributed by atoms with Gasteiger partial charge in [-0.2, -0.15) is 0 Å². The number of ether oxygens (including phenoxy) is 1. The minimum absolute atomic E-state index is 0.317. The number of benzene rings is 1. The monoisotopic (exact) mass is 359 g/mol. The van der Waals surface area contributed by atoms with Crippen LogP contribution in [0.5, 0.6) is 0 Å². The molecule has 0 radical (unpaired) electrons. The van der Waals surface area contributed by atoms with Crippen molar-refractivity contribution in [3.63, 3.8) is 0 Å². The molecule has 1 aliphatic heterocycles. The first-order valence-corrected chi connectivity index (χ1v) is 9.16. The molecule has 0 fully saturated rings. The zero-order valence-electron chi connectivity index (χ0n) is 14.2. The van der Waals surface area contributed by atoms with Crippen molar-refractivity contribution in [1.82, 2.24) is 15.2 Å². The van der Waals surface area contributed by atoms with E-state index in [-0.39, 0.29) is 0 Å². The maximum absolute atomic E-state index is 11.7. The quantitative estimate of drug-likeness (QED) is 0.651. The molecule has 0 unspecified atom stereocenters. The van der Waals surface area contributed by atoms with Crippen molar-refractivity contribution in [3.05, 3.63) is 47.2 Å². The number of likely N-dealkylation sites (N-methyl/N-ethyl adjacent to an activating group) is 1. The van der Waals surface area contributed by atoms with Gasteiger partial charge < -0.3 is 15.0 Å². The molecule has 1 amide bonds. The van der Waals surface area contributed by atoms with E-state index in [1.165, 1.54) is 22.0 Å². The predicted molar refractivity (Wildman–Crippen MR) is 99.3 cm³/mol. The molecule has 1 aromatic carbocycles. The number of alkyl carbamates (subject to hydrolysis) is 1. The van der Waals surface area contributed by atoms with E-state index in [9.17, 15) is 4.79 Å². The summed E-state index contributed by atoms with van der Waals surface area (Å²) in [6.45, 7) is 1.56. The number of alkyl halides is 1. The molecule has 2 aliphatic rings. The number of amides is 1. The lowest BCUT2D eigenvalue weighted by molar-refractivity contribution is 0.148. The first-order valence-electron chi connectivity index (χ1n) is 8.62. The number of carbonyl (C=O) groups is 1. The zero-order valence-corrected chi connectivity index (χ0v) is 15.0. The van der Waals surface area contributed by atoms with E-state index in [4.69, 9.17) is 16.3 Å². The van der Waals surface area contributed by atoms with Gasteiger partial charge in [-0.15, -0.1) is 11.6 Å². The van der Waals surface area contributed by atoms with Gasteiger partial charge in [0.25, 0.3) is 0 Å². The number of aromatic amines is 1. The number of aromatic nitrogens is 1. The maximum atomic E-state index is 11.7. The van der Waals surface area contributed by atoms with Crippen LogP contribution in [0.3, 0.4) is 0 Å². The van der Waals surface area contributed by atoms with Gasteiger partial charge in [0.15, 0.2) is 0 Å². The lowest BCUT2D eigenvalue weighted by atomic mass is 9.77. The van der Waals surface area contributed by atoms with Crippen molar-refractivity contribution in [2.45, 2.75) is 18.4 Å². The van der Waals surface area contributed by atoms with Gasteiger partial charge in [-0.25, -0.2) is 4.79 Å². The van der Waals surface area contributed by atoms with Gasteiger partial charge in [-0.3, -0.25) is 4.90 Å². The molecule has 0 saturated carbocycles. The van der Waals surface area contributed by atoms with E-state index >= 15 is 0 Å². The third-order valence-corrected chi connectivity index (χ3v) is 5.40. The van der Waals surface area contributed by atoms with Crippen LogP contribution in [-0.4, -0.2) is 54.6 Å². The lowest BCUT2D eigenvalue weighted by Gasteiger charge is -2.41. The molecule has 2 atom stereocenters. The van der Waals surface area contributed by atoms with Crippen molar-refractivity contribution >= 4 is 28.6 Å². The molecular formula is C19H22ClN3O2. The van der Waals surface area contributed by atoms with Crippen LogP contribution < -0.4 is 5.32 Å². The Morgan fingerprint density at radius 2 is 2.36 bits per heavy atom. The molecule has 2 heterocycles. The second-order valence-electron chi connectivity index (χ2n) is 6.81. The van der Waals surface area contributed by atoms with Crippen LogP contribution >= 0.6 is 11.6 Å². The number of hydrogen-bond donors (Lipinski definition) is 2. The minimum atomic E-state index is -0.412. The normalized spacial score (nSPS) is 22.4. The zero-order chi connectivity index (χ0) is 17.4. The third-order valence-electron chi connectivity index (χ3n) is 5.21. The fourth-order valence-corrected chi connectivity index (χ4v) is 4.21. The van der Waals surface area contributed by atoms with Gasteiger partial charge in [0.1, 0.15) is 6.61 Å². The van der Waals surface area contributed by atoms with Crippen LogP contribution in [0.1, 0.15) is 17.0 Å². The number of fused-ring (bicyclic) bond motifs is 2. The highest BCUT2D eigenvalue weighted by molar-refractivity contribution is 6.18. The first kappa shape index (κ1) is 16.5. The van der Waals surface area contributed by atoms with Crippen LogP contribution in [-0.2, 0) is 11.2 Å². The van der Waals surface area contributed by atoms with Gasteiger partial charge in [0, 0.05) is 48.0 Å². The Hall–Kier alpha value is -1.98. The second-order valence-corrected chi connectivity index (χ2v) is 7.19. The van der Waals surface area contributed by atoms with E-state index in [0.29, 0.717) is 31.0 Å². The van der Waals surface area contributed by atoms with E-state index in [0.717, 1.165) is 18.5 Å². The Morgan fingerprint density at radius 1 is 1.48 bits per heavy atom. The highest BCUT2D eigenvalue weighted by atomic mass is 35.5. The summed E-state index contributed by atoms with van der Waals surface area (Å²) in [6, 6.07) is 6.91. The predicted octanol–water partition coefficient (Wildman–Crippen LogP) is 3.01. The van der Waals surface area contributed by atoms with Crippen molar-refractivity contribution in [2.75, 3.05) is 32.6 Å². The van der Waals surface area contributed by atoms with Gasteiger partial charge >= 0.3 is 6.09 Å². The van der Waals surface area contributed by atoms with Crippen molar-refractivity contribution in [1.29, 1.82) is 0 Å². The number of halogens is 1. The molecule has 2 aromatic rings. The van der Waals surface area contributed by atoms with Gasteiger partial charge in [-0.1, -0.05) is 18.2 Å². The summed E-state index contributed by atoms with van der Waals surface area (Å²) in [6.07, 6.45) is 5.07. The number of nitrogens with one attached hydrogen (secondary N) is 2. The van der Waals surface area contributed by atoms with Gasteiger partial charge in [0.2, 0.25) is 0 Å².